The summed E-state index contributed by atoms with van der Waals surface area (Å²) in [6, 6.07) is 15.4. The minimum atomic E-state index is -0.547. The average Bonchev–Trinajstić information content (AvgIpc) is 3.24. The molecule has 7 heteroatoms. The van der Waals surface area contributed by atoms with Gasteiger partial charge in [0, 0.05) is 21.6 Å². The molecule has 2 aromatic carbocycles. The van der Waals surface area contributed by atoms with E-state index in [4.69, 9.17) is 9.47 Å². The Bertz CT molecular complexity index is 1410. The Kier molecular flexibility index (Phi) is 6.72. The summed E-state index contributed by atoms with van der Waals surface area (Å²) in [6.45, 7) is 7.78. The van der Waals surface area contributed by atoms with Crippen LogP contribution >= 0.6 is 15.9 Å². The second-order valence-corrected chi connectivity index (χ2v) is 9.38. The maximum absolute atomic E-state index is 13.6. The molecule has 6 nitrogen and oxygen atoms in total. The zero-order valence-corrected chi connectivity index (χ0v) is 22.2. The molecule has 180 valence electrons. The summed E-state index contributed by atoms with van der Waals surface area (Å²) in [7, 11) is 2.97. The zero-order chi connectivity index (χ0) is 25.4. The molecule has 0 saturated heterocycles. The van der Waals surface area contributed by atoms with Crippen LogP contribution in [-0.4, -0.2) is 30.7 Å². The van der Waals surface area contributed by atoms with Gasteiger partial charge in [0.05, 0.1) is 36.7 Å². The van der Waals surface area contributed by atoms with Crippen molar-refractivity contribution < 1.29 is 19.1 Å². The molecule has 0 fully saturated rings. The van der Waals surface area contributed by atoms with E-state index in [1.807, 2.05) is 63.2 Å². The number of hydrogen-bond acceptors (Lipinski definition) is 4. The van der Waals surface area contributed by atoms with E-state index in [-0.39, 0.29) is 11.5 Å². The second kappa shape index (κ2) is 9.58. The van der Waals surface area contributed by atoms with Crippen LogP contribution in [-0.2, 0) is 14.3 Å². The van der Waals surface area contributed by atoms with Crippen LogP contribution in [0.4, 0.5) is 5.69 Å². The van der Waals surface area contributed by atoms with E-state index in [0.29, 0.717) is 17.0 Å². The number of carbonyl (C=O) groups excluding carboxylic acids is 2. The van der Waals surface area contributed by atoms with E-state index < -0.39 is 5.97 Å². The smallest absolute Gasteiger partial charge is 0.340 e. The van der Waals surface area contributed by atoms with Crippen molar-refractivity contribution in [1.29, 1.82) is 0 Å². The number of ether oxygens (including phenoxy) is 2. The normalized spacial score (nSPS) is 14.8. The molecule has 1 aliphatic heterocycles. The summed E-state index contributed by atoms with van der Waals surface area (Å²) in [4.78, 5) is 28.0. The number of anilines is 1. The van der Waals surface area contributed by atoms with Gasteiger partial charge in [-0.25, -0.2) is 4.79 Å². The maximum atomic E-state index is 13.6. The predicted molar refractivity (Wildman–Crippen MR) is 141 cm³/mol. The highest BCUT2D eigenvalue weighted by Crippen LogP contribution is 2.37. The number of carbonyl (C=O) groups is 2. The van der Waals surface area contributed by atoms with Crippen LogP contribution in [0.1, 0.15) is 29.4 Å². The van der Waals surface area contributed by atoms with Crippen molar-refractivity contribution in [2.75, 3.05) is 19.1 Å². The van der Waals surface area contributed by atoms with Gasteiger partial charge < -0.3 is 14.0 Å². The van der Waals surface area contributed by atoms with E-state index in [1.54, 1.807) is 25.0 Å². The summed E-state index contributed by atoms with van der Waals surface area (Å²) in [5, 5.41) is 0. The van der Waals surface area contributed by atoms with Crippen molar-refractivity contribution in [3.63, 3.8) is 0 Å². The molecule has 4 rings (SSSR count). The van der Waals surface area contributed by atoms with Crippen LogP contribution in [0.15, 0.2) is 69.8 Å². The monoisotopic (exact) mass is 534 g/mol. The highest BCUT2D eigenvalue weighted by Gasteiger charge is 2.38. The van der Waals surface area contributed by atoms with Gasteiger partial charge in [0.15, 0.2) is 0 Å². The molecule has 0 N–H and O–H groups in total. The quantitative estimate of drug-likeness (QED) is 0.295. The number of rotatable bonds is 5. The van der Waals surface area contributed by atoms with Crippen LogP contribution in [0.3, 0.4) is 0 Å². The van der Waals surface area contributed by atoms with Gasteiger partial charge in [0.25, 0.3) is 5.91 Å². The number of aromatic nitrogens is 1. The number of nitrogens with zero attached hydrogens (tertiary/aromatic N) is 2. The lowest BCUT2D eigenvalue weighted by Crippen LogP contribution is -2.24. The molecule has 1 aromatic heterocycles. The predicted octanol–water partition coefficient (Wildman–Crippen LogP) is 6.05. The van der Waals surface area contributed by atoms with Crippen molar-refractivity contribution in [1.82, 2.24) is 4.57 Å². The van der Waals surface area contributed by atoms with E-state index in [9.17, 15) is 9.59 Å². The van der Waals surface area contributed by atoms with Gasteiger partial charge in [-0.05, 0) is 81.3 Å². The van der Waals surface area contributed by atoms with Crippen LogP contribution in [0, 0.1) is 20.8 Å². The molecule has 0 atom stereocenters. The summed E-state index contributed by atoms with van der Waals surface area (Å²) in [6.07, 6.45) is 1.77. The van der Waals surface area contributed by atoms with Crippen molar-refractivity contribution >= 4 is 39.6 Å². The molecule has 0 saturated carbocycles. The first-order chi connectivity index (χ1) is 16.7. The van der Waals surface area contributed by atoms with Gasteiger partial charge in [-0.2, -0.15) is 0 Å². The first-order valence-electron chi connectivity index (χ1n) is 11.1. The third kappa shape index (κ3) is 4.32. The maximum Gasteiger partial charge on any atom is 0.340 e. The highest BCUT2D eigenvalue weighted by atomic mass is 79.9. The van der Waals surface area contributed by atoms with Gasteiger partial charge in [-0.3, -0.25) is 9.69 Å². The highest BCUT2D eigenvalue weighted by molar-refractivity contribution is 9.10. The Morgan fingerprint density at radius 1 is 1.00 bits per heavy atom. The zero-order valence-electron chi connectivity index (χ0n) is 20.6. The molecule has 0 radical (unpaired) electrons. The first-order valence-corrected chi connectivity index (χ1v) is 11.9. The summed E-state index contributed by atoms with van der Waals surface area (Å²) < 4.78 is 13.6. The summed E-state index contributed by atoms with van der Waals surface area (Å²) >= 11 is 3.46. The van der Waals surface area contributed by atoms with Crippen molar-refractivity contribution in [2.45, 2.75) is 27.7 Å². The van der Waals surface area contributed by atoms with E-state index >= 15 is 0 Å². The van der Waals surface area contributed by atoms with Gasteiger partial charge in [-0.1, -0.05) is 28.1 Å². The van der Waals surface area contributed by atoms with Crippen molar-refractivity contribution in [2.24, 2.45) is 0 Å². The third-order valence-electron chi connectivity index (χ3n) is 6.20. The second-order valence-electron chi connectivity index (χ2n) is 8.47. The Morgan fingerprint density at radius 2 is 1.74 bits per heavy atom. The molecule has 0 unspecified atom stereocenters. The lowest BCUT2D eigenvalue weighted by molar-refractivity contribution is -0.136. The number of methoxy groups -OCH3 is 2. The fourth-order valence-electron chi connectivity index (χ4n) is 4.54. The fraction of sp³-hybridized carbons (Fsp3) is 0.214. The van der Waals surface area contributed by atoms with Crippen molar-refractivity contribution in [3.8, 4) is 11.4 Å². The lowest BCUT2D eigenvalue weighted by atomic mass is 10.0. The molecule has 35 heavy (non-hydrogen) atoms. The molecule has 3 aromatic rings. The van der Waals surface area contributed by atoms with E-state index in [0.717, 1.165) is 38.4 Å². The van der Waals surface area contributed by atoms with E-state index in [1.165, 1.54) is 7.11 Å². The molecule has 1 aliphatic rings. The van der Waals surface area contributed by atoms with Crippen LogP contribution in [0.25, 0.3) is 11.8 Å². The van der Waals surface area contributed by atoms with Crippen LogP contribution in [0.5, 0.6) is 5.75 Å². The largest absolute Gasteiger partial charge is 0.495 e. The molecular weight excluding hydrogens is 508 g/mol. The number of amides is 1. The molecule has 0 bridgehead atoms. The first kappa shape index (κ1) is 24.5. The van der Waals surface area contributed by atoms with Crippen LogP contribution < -0.4 is 9.64 Å². The number of hydrogen-bond donors (Lipinski definition) is 0. The minimum absolute atomic E-state index is 0.260. The summed E-state index contributed by atoms with van der Waals surface area (Å²) in [5.41, 5.74) is 6.51. The number of aryl methyl sites for hydroxylation is 2. The SMILES string of the molecule is COC(=O)C1=C(C)N(c2cccc(Br)c2)C(=O)/C1=C\c1cc(C)n(-c2cc(C)ccc2OC)c1C. The molecule has 1 amide bonds. The number of esters is 1. The summed E-state index contributed by atoms with van der Waals surface area (Å²) in [5.74, 6) is -0.0759. The van der Waals surface area contributed by atoms with Gasteiger partial charge in [0.1, 0.15) is 5.75 Å². The minimum Gasteiger partial charge on any atom is -0.495 e. The van der Waals surface area contributed by atoms with Crippen LogP contribution in [0.2, 0.25) is 0 Å². The van der Waals surface area contributed by atoms with Gasteiger partial charge in [-0.15, -0.1) is 0 Å². The number of halogens is 1. The Balaban J connectivity index is 1.88. The van der Waals surface area contributed by atoms with E-state index in [2.05, 4.69) is 26.6 Å². The standard InChI is InChI=1S/C28H27BrN2O4/c1-16-10-11-25(34-5)24(12-16)30-17(2)13-20(18(30)3)14-23-26(28(33)35-6)19(4)31(27(23)32)22-9-7-8-21(29)15-22/h7-15H,1-6H3/b23-14-. The van der Waals surface area contributed by atoms with Crippen molar-refractivity contribution in [3.05, 3.63) is 92.4 Å². The molecule has 2 heterocycles. The topological polar surface area (TPSA) is 60.8 Å². The Morgan fingerprint density at radius 3 is 2.40 bits per heavy atom. The molecule has 0 aliphatic carbocycles. The number of allylic oxidation sites excluding steroid dienone is 1. The molecular formula is C28H27BrN2O4. The Labute approximate surface area is 213 Å². The average molecular weight is 535 g/mol. The third-order valence-corrected chi connectivity index (χ3v) is 6.69. The van der Waals surface area contributed by atoms with Gasteiger partial charge >= 0.3 is 5.97 Å². The number of benzene rings is 2. The lowest BCUT2D eigenvalue weighted by Gasteiger charge is -2.18. The Hall–Kier alpha value is -3.58. The fourth-order valence-corrected chi connectivity index (χ4v) is 4.93. The van der Waals surface area contributed by atoms with Gasteiger partial charge in [0.2, 0.25) is 0 Å². The molecule has 0 spiro atoms.